The van der Waals surface area contributed by atoms with Gasteiger partial charge in [0.15, 0.2) is 0 Å². The molecule has 0 aliphatic carbocycles. The van der Waals surface area contributed by atoms with Gasteiger partial charge in [-0.25, -0.2) is 0 Å². The lowest BCUT2D eigenvalue weighted by Crippen LogP contribution is -2.06. The molecule has 0 saturated heterocycles. The van der Waals surface area contributed by atoms with E-state index >= 15 is 0 Å². The molecule has 72 valence electrons. The van der Waals surface area contributed by atoms with Crippen LogP contribution in [0.4, 0.5) is 0 Å². The Kier molecular flexibility index (Phi) is 3.93. The number of nitrogens with two attached hydrogens (primary N) is 1. The SMILES string of the molecule is CC(O)Cc1cccc(CCN)c1. The zero-order valence-electron chi connectivity index (χ0n) is 8.03. The molecule has 0 saturated carbocycles. The fraction of sp³-hybridized carbons (Fsp3) is 0.455. The van der Waals surface area contributed by atoms with E-state index in [0.29, 0.717) is 6.54 Å². The highest BCUT2D eigenvalue weighted by molar-refractivity contribution is 5.24. The molecule has 0 heterocycles. The third kappa shape index (κ3) is 3.57. The fourth-order valence-corrected chi connectivity index (χ4v) is 1.42. The molecule has 2 heteroatoms. The normalized spacial score (nSPS) is 12.8. The Morgan fingerprint density at radius 1 is 1.38 bits per heavy atom. The summed E-state index contributed by atoms with van der Waals surface area (Å²) in [5.74, 6) is 0. The lowest BCUT2D eigenvalue weighted by Gasteiger charge is -2.06. The molecule has 1 atom stereocenters. The predicted octanol–water partition coefficient (Wildman–Crippen LogP) is 1.11. The first-order valence-corrected chi connectivity index (χ1v) is 4.68. The summed E-state index contributed by atoms with van der Waals surface area (Å²) in [6, 6.07) is 8.23. The highest BCUT2D eigenvalue weighted by Crippen LogP contribution is 2.07. The molecule has 1 aromatic rings. The molecule has 0 bridgehead atoms. The summed E-state index contributed by atoms with van der Waals surface area (Å²) in [5, 5.41) is 9.20. The van der Waals surface area contributed by atoms with E-state index in [4.69, 9.17) is 5.73 Å². The molecule has 1 rings (SSSR count). The van der Waals surface area contributed by atoms with Gasteiger partial charge in [-0.1, -0.05) is 24.3 Å². The number of aliphatic hydroxyl groups excluding tert-OH is 1. The Labute approximate surface area is 79.4 Å². The second-order valence-electron chi connectivity index (χ2n) is 3.41. The maximum absolute atomic E-state index is 9.20. The summed E-state index contributed by atoms with van der Waals surface area (Å²) < 4.78 is 0. The first-order valence-electron chi connectivity index (χ1n) is 4.68. The van der Waals surface area contributed by atoms with Crippen LogP contribution in [-0.4, -0.2) is 17.8 Å². The van der Waals surface area contributed by atoms with E-state index in [1.54, 1.807) is 6.92 Å². The van der Waals surface area contributed by atoms with Crippen molar-refractivity contribution in [3.05, 3.63) is 35.4 Å². The van der Waals surface area contributed by atoms with Gasteiger partial charge in [0.25, 0.3) is 0 Å². The van der Waals surface area contributed by atoms with Gasteiger partial charge in [0.05, 0.1) is 6.10 Å². The first kappa shape index (κ1) is 10.2. The molecule has 0 fully saturated rings. The molecule has 13 heavy (non-hydrogen) atoms. The highest BCUT2D eigenvalue weighted by Gasteiger charge is 1.99. The van der Waals surface area contributed by atoms with Gasteiger partial charge in [0.1, 0.15) is 0 Å². The number of aliphatic hydroxyl groups is 1. The maximum Gasteiger partial charge on any atom is 0.0552 e. The molecule has 0 amide bonds. The van der Waals surface area contributed by atoms with Crippen molar-refractivity contribution in [1.29, 1.82) is 0 Å². The Hall–Kier alpha value is -0.860. The smallest absolute Gasteiger partial charge is 0.0552 e. The van der Waals surface area contributed by atoms with E-state index in [1.165, 1.54) is 11.1 Å². The van der Waals surface area contributed by atoms with E-state index in [2.05, 4.69) is 12.1 Å². The van der Waals surface area contributed by atoms with Crippen LogP contribution in [0, 0.1) is 0 Å². The van der Waals surface area contributed by atoms with Gasteiger partial charge in [-0.2, -0.15) is 0 Å². The number of benzene rings is 1. The summed E-state index contributed by atoms with van der Waals surface area (Å²) in [7, 11) is 0. The van der Waals surface area contributed by atoms with Crippen molar-refractivity contribution < 1.29 is 5.11 Å². The topological polar surface area (TPSA) is 46.2 Å². The average Bonchev–Trinajstić information content (AvgIpc) is 2.04. The van der Waals surface area contributed by atoms with Crippen molar-refractivity contribution >= 4 is 0 Å². The molecule has 3 N–H and O–H groups in total. The second-order valence-corrected chi connectivity index (χ2v) is 3.41. The highest BCUT2D eigenvalue weighted by atomic mass is 16.3. The van der Waals surface area contributed by atoms with Crippen LogP contribution in [-0.2, 0) is 12.8 Å². The minimum Gasteiger partial charge on any atom is -0.393 e. The summed E-state index contributed by atoms with van der Waals surface area (Å²) in [4.78, 5) is 0. The summed E-state index contributed by atoms with van der Waals surface area (Å²) in [5.41, 5.74) is 7.89. The Bertz CT molecular complexity index is 258. The first-order chi connectivity index (χ1) is 6.22. The predicted molar refractivity (Wildman–Crippen MR) is 54.6 cm³/mol. The lowest BCUT2D eigenvalue weighted by molar-refractivity contribution is 0.195. The number of hydrogen-bond acceptors (Lipinski definition) is 2. The van der Waals surface area contributed by atoms with Crippen LogP contribution in [0.15, 0.2) is 24.3 Å². The third-order valence-corrected chi connectivity index (χ3v) is 1.96. The van der Waals surface area contributed by atoms with Crippen molar-refractivity contribution in [2.24, 2.45) is 5.73 Å². The second kappa shape index (κ2) is 5.00. The Morgan fingerprint density at radius 2 is 2.08 bits per heavy atom. The summed E-state index contributed by atoms with van der Waals surface area (Å²) >= 11 is 0. The number of hydrogen-bond donors (Lipinski definition) is 2. The minimum absolute atomic E-state index is 0.270. The van der Waals surface area contributed by atoms with Crippen LogP contribution in [0.2, 0.25) is 0 Å². The average molecular weight is 179 g/mol. The summed E-state index contributed by atoms with van der Waals surface area (Å²) in [6.45, 7) is 2.48. The monoisotopic (exact) mass is 179 g/mol. The molecular weight excluding hydrogens is 162 g/mol. The molecule has 1 aromatic carbocycles. The van der Waals surface area contributed by atoms with E-state index in [1.807, 2.05) is 12.1 Å². The minimum atomic E-state index is -0.270. The quantitative estimate of drug-likeness (QED) is 0.727. The van der Waals surface area contributed by atoms with Crippen molar-refractivity contribution in [1.82, 2.24) is 0 Å². The molecule has 0 aromatic heterocycles. The third-order valence-electron chi connectivity index (χ3n) is 1.96. The van der Waals surface area contributed by atoms with Crippen LogP contribution in [0.5, 0.6) is 0 Å². The Morgan fingerprint density at radius 3 is 2.69 bits per heavy atom. The maximum atomic E-state index is 9.20. The molecule has 2 nitrogen and oxygen atoms in total. The van der Waals surface area contributed by atoms with E-state index < -0.39 is 0 Å². The Balaban J connectivity index is 2.67. The summed E-state index contributed by atoms with van der Waals surface area (Å²) in [6.07, 6.45) is 1.36. The van der Waals surface area contributed by atoms with E-state index in [-0.39, 0.29) is 6.10 Å². The van der Waals surface area contributed by atoms with Crippen LogP contribution < -0.4 is 5.73 Å². The van der Waals surface area contributed by atoms with Crippen LogP contribution in [0.25, 0.3) is 0 Å². The van der Waals surface area contributed by atoms with E-state index in [0.717, 1.165) is 12.8 Å². The molecule has 1 unspecified atom stereocenters. The standard InChI is InChI=1S/C11H17NO/c1-9(13)7-11-4-2-3-10(8-11)5-6-12/h2-4,8-9,13H,5-7,12H2,1H3. The molecule has 0 aliphatic rings. The van der Waals surface area contributed by atoms with Crippen LogP contribution in [0.3, 0.4) is 0 Å². The van der Waals surface area contributed by atoms with Gasteiger partial charge < -0.3 is 10.8 Å². The molecule has 0 spiro atoms. The zero-order valence-corrected chi connectivity index (χ0v) is 8.03. The van der Waals surface area contributed by atoms with Gasteiger partial charge in [-0.15, -0.1) is 0 Å². The van der Waals surface area contributed by atoms with E-state index in [9.17, 15) is 5.11 Å². The van der Waals surface area contributed by atoms with Crippen molar-refractivity contribution in [3.8, 4) is 0 Å². The van der Waals surface area contributed by atoms with Crippen LogP contribution >= 0.6 is 0 Å². The van der Waals surface area contributed by atoms with Crippen LogP contribution in [0.1, 0.15) is 18.1 Å². The van der Waals surface area contributed by atoms with Gasteiger partial charge in [-0.05, 0) is 37.4 Å². The van der Waals surface area contributed by atoms with Gasteiger partial charge in [0, 0.05) is 0 Å². The molecule has 0 aliphatic heterocycles. The molecular formula is C11H17NO. The fourth-order valence-electron chi connectivity index (χ4n) is 1.42. The van der Waals surface area contributed by atoms with Gasteiger partial charge in [0.2, 0.25) is 0 Å². The zero-order chi connectivity index (χ0) is 9.68. The lowest BCUT2D eigenvalue weighted by atomic mass is 10.0. The largest absolute Gasteiger partial charge is 0.393 e. The van der Waals surface area contributed by atoms with Crippen molar-refractivity contribution in [2.45, 2.75) is 25.9 Å². The van der Waals surface area contributed by atoms with Gasteiger partial charge >= 0.3 is 0 Å². The van der Waals surface area contributed by atoms with Gasteiger partial charge in [-0.3, -0.25) is 0 Å². The number of rotatable bonds is 4. The van der Waals surface area contributed by atoms with Crippen molar-refractivity contribution in [2.75, 3.05) is 6.54 Å². The molecule has 0 radical (unpaired) electrons. The van der Waals surface area contributed by atoms with Crippen molar-refractivity contribution in [3.63, 3.8) is 0 Å².